The lowest BCUT2D eigenvalue weighted by molar-refractivity contribution is -0.134. The van der Waals surface area contributed by atoms with E-state index in [1.807, 2.05) is 6.07 Å². The van der Waals surface area contributed by atoms with E-state index in [4.69, 9.17) is 4.74 Å². The van der Waals surface area contributed by atoms with Crippen LogP contribution in [-0.2, 0) is 21.4 Å². The number of carbonyl (C=O) groups excluding carboxylic acids is 3. The van der Waals surface area contributed by atoms with Gasteiger partial charge in [0.05, 0.1) is 23.7 Å². The number of halogens is 2. The van der Waals surface area contributed by atoms with Crippen molar-refractivity contribution in [2.75, 3.05) is 32.7 Å². The van der Waals surface area contributed by atoms with Gasteiger partial charge in [0, 0.05) is 37.9 Å². The molecule has 3 saturated heterocycles. The normalized spacial score (nSPS) is 25.4. The molecule has 11 heteroatoms. The van der Waals surface area contributed by atoms with E-state index in [9.17, 15) is 14.4 Å². The highest BCUT2D eigenvalue weighted by Crippen LogP contribution is 2.36. The van der Waals surface area contributed by atoms with Crippen LogP contribution in [-0.4, -0.2) is 82.0 Å². The first kappa shape index (κ1) is 28.4. The van der Waals surface area contributed by atoms with Crippen molar-refractivity contribution in [1.29, 1.82) is 0 Å². The molecular formula is C29H39F2N5O4. The molecule has 40 heavy (non-hydrogen) atoms. The number of aromatic nitrogens is 2. The number of fused-ring (bicyclic) bond motifs is 1. The van der Waals surface area contributed by atoms with Crippen molar-refractivity contribution < 1.29 is 27.9 Å². The van der Waals surface area contributed by atoms with E-state index < -0.39 is 23.8 Å². The van der Waals surface area contributed by atoms with Crippen molar-refractivity contribution in [3.05, 3.63) is 29.2 Å². The number of likely N-dealkylation sites (tertiary alicyclic amines) is 2. The van der Waals surface area contributed by atoms with Gasteiger partial charge in [-0.15, -0.1) is 0 Å². The van der Waals surface area contributed by atoms with E-state index in [0.717, 1.165) is 31.4 Å². The summed E-state index contributed by atoms with van der Waals surface area (Å²) in [6.45, 7) is 8.03. The number of benzene rings is 1. The van der Waals surface area contributed by atoms with Crippen LogP contribution in [0.15, 0.2) is 12.1 Å². The van der Waals surface area contributed by atoms with Gasteiger partial charge in [0.15, 0.2) is 0 Å². The Morgan fingerprint density at radius 1 is 1.12 bits per heavy atom. The number of nitrogens with zero attached hydrogens (tertiary/aromatic N) is 4. The Balaban J connectivity index is 1.20. The van der Waals surface area contributed by atoms with Crippen molar-refractivity contribution in [1.82, 2.24) is 24.9 Å². The van der Waals surface area contributed by atoms with Crippen LogP contribution in [0.1, 0.15) is 76.0 Å². The minimum atomic E-state index is -1.11. The lowest BCUT2D eigenvalue weighted by Crippen LogP contribution is -2.50. The molecule has 3 aliphatic rings. The molecule has 1 aromatic carbocycles. The fourth-order valence-corrected chi connectivity index (χ4v) is 6.25. The highest BCUT2D eigenvalue weighted by molar-refractivity contribution is 6.02. The second kappa shape index (κ2) is 11.1. The van der Waals surface area contributed by atoms with Gasteiger partial charge in [-0.1, -0.05) is 0 Å². The third-order valence-corrected chi connectivity index (χ3v) is 8.41. The summed E-state index contributed by atoms with van der Waals surface area (Å²) in [5.41, 5.74) is 1.29. The SMILES string of the molecule is Cn1nc(C2CCC(=O)NC2=O)c2cc(F)c(C3CCN(C[C@@H]4CCN(C(=O)OC(C)(C)C)C[C@@H]4F)CC3)cc21. The van der Waals surface area contributed by atoms with Gasteiger partial charge < -0.3 is 14.5 Å². The Bertz CT molecular complexity index is 1300. The molecule has 3 fully saturated rings. The predicted molar refractivity (Wildman–Crippen MR) is 145 cm³/mol. The Hall–Kier alpha value is -3.08. The molecule has 0 radical (unpaired) electrons. The molecular weight excluding hydrogens is 520 g/mol. The highest BCUT2D eigenvalue weighted by atomic mass is 19.1. The summed E-state index contributed by atoms with van der Waals surface area (Å²) in [6, 6.07) is 3.33. The maximum Gasteiger partial charge on any atom is 0.410 e. The Morgan fingerprint density at radius 2 is 1.85 bits per heavy atom. The maximum absolute atomic E-state index is 15.4. The molecule has 2 aromatic rings. The summed E-state index contributed by atoms with van der Waals surface area (Å²) in [5, 5.41) is 7.49. The molecule has 0 aliphatic carbocycles. The molecule has 1 N–H and O–H groups in total. The number of aryl methyl sites for hydroxylation is 1. The zero-order valence-electron chi connectivity index (χ0n) is 23.7. The fraction of sp³-hybridized carbons (Fsp3) is 0.655. The quantitative estimate of drug-likeness (QED) is 0.569. The van der Waals surface area contributed by atoms with Crippen molar-refractivity contribution in [3.8, 4) is 0 Å². The van der Waals surface area contributed by atoms with E-state index >= 15 is 8.78 Å². The van der Waals surface area contributed by atoms with E-state index in [1.165, 1.54) is 11.0 Å². The van der Waals surface area contributed by atoms with Gasteiger partial charge in [0.2, 0.25) is 11.8 Å². The standard InChI is InChI=1S/C29H39F2N5O4/c1-29(2,3)40-28(39)36-12-9-18(23(31)16-36)15-35-10-7-17(8-11-35)20-14-24-21(13-22(20)30)26(33-34(24)4)19-5-6-25(37)32-27(19)38/h13-14,17-19,23H,5-12,15-16H2,1-4H3,(H,32,37,38)/t18-,19?,23-/m0/s1. The lowest BCUT2D eigenvalue weighted by Gasteiger charge is -2.39. The first-order chi connectivity index (χ1) is 18.9. The fourth-order valence-electron chi connectivity index (χ4n) is 6.25. The number of hydrogen-bond acceptors (Lipinski definition) is 6. The lowest BCUT2D eigenvalue weighted by atomic mass is 9.86. The number of imide groups is 1. The summed E-state index contributed by atoms with van der Waals surface area (Å²) in [6.07, 6.45) is 1.12. The Kier molecular flexibility index (Phi) is 7.87. The van der Waals surface area contributed by atoms with Crippen LogP contribution < -0.4 is 5.32 Å². The largest absolute Gasteiger partial charge is 0.444 e. The number of rotatable bonds is 4. The van der Waals surface area contributed by atoms with Crippen LogP contribution in [0.2, 0.25) is 0 Å². The van der Waals surface area contributed by atoms with Crippen molar-refractivity contribution in [3.63, 3.8) is 0 Å². The van der Waals surface area contributed by atoms with Gasteiger partial charge in [0.25, 0.3) is 0 Å². The van der Waals surface area contributed by atoms with Gasteiger partial charge >= 0.3 is 6.09 Å². The van der Waals surface area contributed by atoms with Gasteiger partial charge in [-0.3, -0.25) is 19.6 Å². The highest BCUT2D eigenvalue weighted by Gasteiger charge is 2.36. The molecule has 5 rings (SSSR count). The third-order valence-electron chi connectivity index (χ3n) is 8.41. The molecule has 0 bridgehead atoms. The van der Waals surface area contributed by atoms with Crippen LogP contribution in [0.5, 0.6) is 0 Å². The van der Waals surface area contributed by atoms with Gasteiger partial charge in [-0.05, 0) is 83.2 Å². The Morgan fingerprint density at radius 3 is 2.50 bits per heavy atom. The summed E-state index contributed by atoms with van der Waals surface area (Å²) in [5.74, 6) is -1.70. The molecule has 1 aromatic heterocycles. The molecule has 3 atom stereocenters. The van der Waals surface area contributed by atoms with E-state index in [2.05, 4.69) is 15.3 Å². The van der Waals surface area contributed by atoms with Crippen LogP contribution in [0, 0.1) is 11.7 Å². The number of hydrogen-bond donors (Lipinski definition) is 1. The minimum Gasteiger partial charge on any atom is -0.444 e. The molecule has 0 saturated carbocycles. The number of piperidine rings is 3. The molecule has 0 spiro atoms. The van der Waals surface area contributed by atoms with Crippen molar-refractivity contribution in [2.45, 2.75) is 76.5 Å². The van der Waals surface area contributed by atoms with E-state index in [-0.39, 0.29) is 42.4 Å². The van der Waals surface area contributed by atoms with Gasteiger partial charge in [-0.2, -0.15) is 5.10 Å². The van der Waals surface area contributed by atoms with Gasteiger partial charge in [0.1, 0.15) is 17.6 Å². The number of amides is 3. The summed E-state index contributed by atoms with van der Waals surface area (Å²) in [4.78, 5) is 40.0. The number of alkyl halides is 1. The van der Waals surface area contributed by atoms with Crippen molar-refractivity contribution in [2.24, 2.45) is 13.0 Å². The molecule has 9 nitrogen and oxygen atoms in total. The molecule has 4 heterocycles. The molecule has 3 aliphatic heterocycles. The molecule has 218 valence electrons. The summed E-state index contributed by atoms with van der Waals surface area (Å²) in [7, 11) is 1.78. The number of ether oxygens (including phenoxy) is 1. The number of carbonyl (C=O) groups is 3. The average molecular weight is 560 g/mol. The monoisotopic (exact) mass is 559 g/mol. The second-order valence-corrected chi connectivity index (χ2v) is 12.5. The van der Waals surface area contributed by atoms with Crippen LogP contribution in [0.25, 0.3) is 10.9 Å². The first-order valence-corrected chi connectivity index (χ1v) is 14.2. The van der Waals surface area contributed by atoms with E-state index in [0.29, 0.717) is 42.6 Å². The average Bonchev–Trinajstić information content (AvgIpc) is 3.19. The van der Waals surface area contributed by atoms with Gasteiger partial charge in [-0.25, -0.2) is 13.6 Å². The zero-order valence-corrected chi connectivity index (χ0v) is 23.7. The number of nitrogens with one attached hydrogen (secondary N) is 1. The topological polar surface area (TPSA) is 96.8 Å². The van der Waals surface area contributed by atoms with Crippen LogP contribution in [0.3, 0.4) is 0 Å². The zero-order chi connectivity index (χ0) is 28.8. The molecule has 3 amide bonds. The summed E-state index contributed by atoms with van der Waals surface area (Å²) < 4.78 is 37.6. The summed E-state index contributed by atoms with van der Waals surface area (Å²) >= 11 is 0. The second-order valence-electron chi connectivity index (χ2n) is 12.5. The predicted octanol–water partition coefficient (Wildman–Crippen LogP) is 4.01. The van der Waals surface area contributed by atoms with E-state index in [1.54, 1.807) is 32.5 Å². The minimum absolute atomic E-state index is 0.0322. The molecule has 1 unspecified atom stereocenters. The third kappa shape index (κ3) is 5.99. The maximum atomic E-state index is 15.4. The van der Waals surface area contributed by atoms with Crippen molar-refractivity contribution >= 4 is 28.8 Å². The van der Waals surface area contributed by atoms with Crippen LogP contribution >= 0.6 is 0 Å². The van der Waals surface area contributed by atoms with Crippen LogP contribution in [0.4, 0.5) is 13.6 Å². The smallest absolute Gasteiger partial charge is 0.410 e. The first-order valence-electron chi connectivity index (χ1n) is 14.2. The Labute approximate surface area is 233 Å².